The molecule has 1 fully saturated rings. The molecule has 0 bridgehead atoms. The summed E-state index contributed by atoms with van der Waals surface area (Å²) in [7, 11) is 0. The molecular weight excluding hydrogens is 448 g/mol. The number of carbonyl (C=O) groups excluding carboxylic acids is 1. The number of nitrogens with zero attached hydrogens (tertiary/aromatic N) is 1. The first-order chi connectivity index (χ1) is 15.0. The van der Waals surface area contributed by atoms with Crippen LogP contribution >= 0.6 is 34.7 Å². The van der Waals surface area contributed by atoms with Crippen molar-refractivity contribution in [3.63, 3.8) is 0 Å². The normalized spacial score (nSPS) is 15.5. The second kappa shape index (κ2) is 10.2. The number of nitrogens with one attached hydrogen (secondary N) is 1. The van der Waals surface area contributed by atoms with E-state index in [2.05, 4.69) is 27.8 Å². The smallest absolute Gasteiger partial charge is 0.251 e. The molecule has 2 heterocycles. The summed E-state index contributed by atoms with van der Waals surface area (Å²) < 4.78 is 5.59. The number of carbonyl (C=O) groups is 1. The van der Waals surface area contributed by atoms with E-state index in [4.69, 9.17) is 16.3 Å². The molecule has 0 spiro atoms. The molecule has 0 unspecified atom stereocenters. The maximum atomic E-state index is 12.8. The van der Waals surface area contributed by atoms with Gasteiger partial charge in [0.1, 0.15) is 0 Å². The Balaban J connectivity index is 1.38. The molecule has 1 N–H and O–H groups in total. The van der Waals surface area contributed by atoms with Crippen molar-refractivity contribution in [3.05, 3.63) is 80.8 Å². The van der Waals surface area contributed by atoms with Crippen molar-refractivity contribution in [2.75, 3.05) is 19.8 Å². The van der Waals surface area contributed by atoms with Gasteiger partial charge in [0, 0.05) is 51.8 Å². The number of thioether (sulfide) groups is 1. The predicted molar refractivity (Wildman–Crippen MR) is 128 cm³/mol. The summed E-state index contributed by atoms with van der Waals surface area (Å²) in [5.41, 5.74) is 2.84. The minimum Gasteiger partial charge on any atom is -0.381 e. The maximum Gasteiger partial charge on any atom is 0.251 e. The van der Waals surface area contributed by atoms with Crippen molar-refractivity contribution < 1.29 is 9.53 Å². The number of hydrogen-bond acceptors (Lipinski definition) is 5. The Bertz CT molecular complexity index is 1010. The van der Waals surface area contributed by atoms with Gasteiger partial charge in [0.15, 0.2) is 0 Å². The third-order valence-electron chi connectivity index (χ3n) is 5.66. The highest BCUT2D eigenvalue weighted by atomic mass is 35.5. The highest BCUT2D eigenvalue weighted by Crippen LogP contribution is 2.35. The van der Waals surface area contributed by atoms with Crippen LogP contribution in [0.2, 0.25) is 5.02 Å². The van der Waals surface area contributed by atoms with Crippen molar-refractivity contribution in [2.24, 2.45) is 0 Å². The van der Waals surface area contributed by atoms with Gasteiger partial charge in [-0.05, 0) is 61.7 Å². The second-order valence-corrected chi connectivity index (χ2v) is 10.3. The van der Waals surface area contributed by atoms with E-state index in [9.17, 15) is 4.79 Å². The number of aryl methyl sites for hydroxylation is 1. The van der Waals surface area contributed by atoms with Gasteiger partial charge in [-0.3, -0.25) is 4.79 Å². The number of benzene rings is 2. The van der Waals surface area contributed by atoms with Gasteiger partial charge in [-0.25, -0.2) is 4.98 Å². The Morgan fingerprint density at radius 2 is 1.87 bits per heavy atom. The van der Waals surface area contributed by atoms with E-state index in [0.717, 1.165) is 39.2 Å². The molecule has 1 aromatic heterocycles. The first-order valence-electron chi connectivity index (χ1n) is 10.3. The van der Waals surface area contributed by atoms with Gasteiger partial charge in [-0.1, -0.05) is 23.7 Å². The fraction of sp³-hybridized carbons (Fsp3) is 0.333. The predicted octanol–water partition coefficient (Wildman–Crippen LogP) is 5.88. The van der Waals surface area contributed by atoms with Crippen LogP contribution in [0.3, 0.4) is 0 Å². The van der Waals surface area contributed by atoms with Crippen molar-refractivity contribution in [2.45, 2.75) is 35.8 Å². The number of thiazole rings is 1. The van der Waals surface area contributed by atoms with Crippen LogP contribution in [0.15, 0.2) is 58.8 Å². The third-order valence-corrected chi connectivity index (χ3v) is 7.78. The van der Waals surface area contributed by atoms with E-state index in [-0.39, 0.29) is 11.3 Å². The molecule has 2 aromatic carbocycles. The van der Waals surface area contributed by atoms with Crippen LogP contribution in [0.1, 0.15) is 39.5 Å². The number of hydrogen-bond donors (Lipinski definition) is 1. The van der Waals surface area contributed by atoms with Gasteiger partial charge in [-0.15, -0.1) is 23.1 Å². The maximum absolute atomic E-state index is 12.8. The van der Waals surface area contributed by atoms with Crippen molar-refractivity contribution in [3.8, 4) is 0 Å². The van der Waals surface area contributed by atoms with Crippen molar-refractivity contribution >= 4 is 40.6 Å². The topological polar surface area (TPSA) is 51.2 Å². The standard InChI is InChI=1S/C24H25ClN2O2S2/c1-17-27-21(14-30-17)15-31-22-8-2-18(3-9-22)23(28)26-16-24(10-12-29-13-11-24)19-4-6-20(25)7-5-19/h2-9,14H,10-13,15-16H2,1H3,(H,26,28). The Labute approximate surface area is 196 Å². The molecule has 1 amide bonds. The summed E-state index contributed by atoms with van der Waals surface area (Å²) in [5.74, 6) is 0.785. The number of ether oxygens (including phenoxy) is 1. The highest BCUT2D eigenvalue weighted by Gasteiger charge is 2.34. The molecule has 1 saturated heterocycles. The van der Waals surface area contributed by atoms with Crippen molar-refractivity contribution in [1.82, 2.24) is 10.3 Å². The van der Waals surface area contributed by atoms with E-state index in [1.807, 2.05) is 43.3 Å². The Morgan fingerprint density at radius 3 is 2.52 bits per heavy atom. The Morgan fingerprint density at radius 1 is 1.16 bits per heavy atom. The minimum absolute atomic E-state index is 0.0495. The van der Waals surface area contributed by atoms with Crippen LogP contribution in [0, 0.1) is 6.92 Å². The van der Waals surface area contributed by atoms with Gasteiger partial charge in [0.05, 0.1) is 10.7 Å². The largest absolute Gasteiger partial charge is 0.381 e. The lowest BCUT2D eigenvalue weighted by atomic mass is 9.74. The summed E-state index contributed by atoms with van der Waals surface area (Å²) in [5, 5.41) is 7.06. The molecule has 0 atom stereocenters. The van der Waals surface area contributed by atoms with Gasteiger partial charge in [-0.2, -0.15) is 0 Å². The summed E-state index contributed by atoms with van der Waals surface area (Å²) in [6.07, 6.45) is 1.75. The lowest BCUT2D eigenvalue weighted by Gasteiger charge is -2.38. The van der Waals surface area contributed by atoms with Gasteiger partial charge in [0.25, 0.3) is 5.91 Å². The molecule has 4 nitrogen and oxygen atoms in total. The molecule has 1 aliphatic rings. The SMILES string of the molecule is Cc1nc(CSc2ccc(C(=O)NCC3(c4ccc(Cl)cc4)CCOCC3)cc2)cs1. The molecule has 0 radical (unpaired) electrons. The van der Waals surface area contributed by atoms with Crippen LogP contribution in [-0.4, -0.2) is 30.6 Å². The van der Waals surface area contributed by atoms with Crippen LogP contribution in [0.25, 0.3) is 0 Å². The summed E-state index contributed by atoms with van der Waals surface area (Å²) in [6.45, 7) is 3.99. The van der Waals surface area contributed by atoms with Crippen LogP contribution in [0.5, 0.6) is 0 Å². The summed E-state index contributed by atoms with van der Waals surface area (Å²) >= 11 is 9.47. The fourth-order valence-corrected chi connectivity index (χ4v) is 5.45. The zero-order valence-corrected chi connectivity index (χ0v) is 19.8. The minimum atomic E-state index is -0.125. The molecule has 31 heavy (non-hydrogen) atoms. The molecule has 7 heteroatoms. The van der Waals surface area contributed by atoms with E-state index in [1.165, 1.54) is 5.56 Å². The summed E-state index contributed by atoms with van der Waals surface area (Å²) in [6, 6.07) is 15.8. The van der Waals surface area contributed by atoms with Crippen molar-refractivity contribution in [1.29, 1.82) is 0 Å². The zero-order chi connectivity index (χ0) is 21.7. The van der Waals surface area contributed by atoms with Gasteiger partial charge in [0.2, 0.25) is 0 Å². The summed E-state index contributed by atoms with van der Waals surface area (Å²) in [4.78, 5) is 18.5. The quantitative estimate of drug-likeness (QED) is 0.436. The monoisotopic (exact) mass is 472 g/mol. The van der Waals surface area contributed by atoms with Crippen LogP contribution in [-0.2, 0) is 15.9 Å². The number of amides is 1. The Hall–Kier alpha value is -1.86. The average molecular weight is 473 g/mol. The molecular formula is C24H25ClN2O2S2. The average Bonchev–Trinajstić information content (AvgIpc) is 3.22. The number of halogens is 1. The molecule has 0 aliphatic carbocycles. The first-order valence-corrected chi connectivity index (χ1v) is 12.5. The van der Waals surface area contributed by atoms with Crippen LogP contribution in [0.4, 0.5) is 0 Å². The Kier molecular flexibility index (Phi) is 7.33. The van der Waals surface area contributed by atoms with E-state index in [0.29, 0.717) is 25.3 Å². The fourth-order valence-electron chi connectivity index (χ4n) is 3.82. The van der Waals surface area contributed by atoms with Gasteiger partial charge >= 0.3 is 0 Å². The van der Waals surface area contributed by atoms with E-state index < -0.39 is 0 Å². The highest BCUT2D eigenvalue weighted by molar-refractivity contribution is 7.98. The van der Waals surface area contributed by atoms with Crippen LogP contribution < -0.4 is 5.32 Å². The number of rotatable bonds is 7. The molecule has 162 valence electrons. The van der Waals surface area contributed by atoms with E-state index in [1.54, 1.807) is 23.1 Å². The number of aromatic nitrogens is 1. The lowest BCUT2D eigenvalue weighted by Crippen LogP contribution is -2.44. The molecule has 0 saturated carbocycles. The molecule has 1 aliphatic heterocycles. The molecule has 4 rings (SSSR count). The van der Waals surface area contributed by atoms with E-state index >= 15 is 0 Å². The van der Waals surface area contributed by atoms with Gasteiger partial charge < -0.3 is 10.1 Å². The first kappa shape index (κ1) is 22.3. The third kappa shape index (κ3) is 5.69. The zero-order valence-electron chi connectivity index (χ0n) is 17.4. The molecule has 3 aromatic rings. The lowest BCUT2D eigenvalue weighted by molar-refractivity contribution is 0.0487. The second-order valence-electron chi connectivity index (χ2n) is 7.75.